The average molecular weight is 401 g/mol. The minimum absolute atomic E-state index is 0.330. The van der Waals surface area contributed by atoms with E-state index in [4.69, 9.17) is 9.72 Å². The molecule has 0 radical (unpaired) electrons. The highest BCUT2D eigenvalue weighted by molar-refractivity contribution is 7.98. The Kier molecular flexibility index (Phi) is 5.27. The van der Waals surface area contributed by atoms with Crippen LogP contribution in [0.4, 0.5) is 0 Å². The summed E-state index contributed by atoms with van der Waals surface area (Å²) in [5.41, 5.74) is 2.56. The second-order valence-corrected chi connectivity index (χ2v) is 8.16. The topological polar surface area (TPSA) is 69.9 Å². The van der Waals surface area contributed by atoms with E-state index in [0.717, 1.165) is 39.5 Å². The van der Waals surface area contributed by atoms with Crippen LogP contribution in [0.1, 0.15) is 47.6 Å². The third-order valence-electron chi connectivity index (χ3n) is 4.46. The number of ether oxygens (including phenoxy) is 1. The lowest BCUT2D eigenvalue weighted by atomic mass is 10.1. The van der Waals surface area contributed by atoms with Gasteiger partial charge in [-0.3, -0.25) is 0 Å². The molecule has 3 aromatic rings. The number of thiazole rings is 1. The Bertz CT molecular complexity index is 945. The van der Waals surface area contributed by atoms with Crippen molar-refractivity contribution < 1.29 is 9.53 Å². The molecule has 0 saturated heterocycles. The number of rotatable bonds is 7. The van der Waals surface area contributed by atoms with Crippen molar-refractivity contribution in [2.24, 2.45) is 0 Å². The lowest BCUT2D eigenvalue weighted by Gasteiger charge is -2.05. The molecule has 0 bridgehead atoms. The predicted octanol–water partition coefficient (Wildman–Crippen LogP) is 4.38. The molecule has 1 aromatic carbocycles. The number of benzene rings is 1. The molecule has 0 amide bonds. The number of hydrogen-bond acceptors (Lipinski definition) is 7. The van der Waals surface area contributed by atoms with Crippen LogP contribution in [0.3, 0.4) is 0 Å². The first-order valence-electron chi connectivity index (χ1n) is 8.88. The maximum atomic E-state index is 11.5. The molecular formula is C19H20N4O2S2. The molecule has 1 aliphatic rings. The van der Waals surface area contributed by atoms with E-state index in [-0.39, 0.29) is 5.97 Å². The van der Waals surface area contributed by atoms with Crippen molar-refractivity contribution in [2.45, 2.75) is 43.1 Å². The fraction of sp³-hybridized carbons (Fsp3) is 0.368. The third kappa shape index (κ3) is 3.91. The Morgan fingerprint density at radius 3 is 2.74 bits per heavy atom. The van der Waals surface area contributed by atoms with E-state index in [2.05, 4.69) is 27.1 Å². The molecule has 8 heteroatoms. The summed E-state index contributed by atoms with van der Waals surface area (Å²) < 4.78 is 6.95. The zero-order valence-electron chi connectivity index (χ0n) is 15.2. The van der Waals surface area contributed by atoms with Gasteiger partial charge in [-0.15, -0.1) is 21.5 Å². The molecule has 0 aliphatic heterocycles. The van der Waals surface area contributed by atoms with E-state index in [1.54, 1.807) is 35.2 Å². The van der Waals surface area contributed by atoms with E-state index in [1.807, 2.05) is 12.1 Å². The molecule has 1 fully saturated rings. The van der Waals surface area contributed by atoms with Crippen molar-refractivity contribution in [3.05, 3.63) is 46.7 Å². The summed E-state index contributed by atoms with van der Waals surface area (Å²) >= 11 is 3.29. The van der Waals surface area contributed by atoms with Gasteiger partial charge < -0.3 is 9.30 Å². The lowest BCUT2D eigenvalue weighted by molar-refractivity contribution is 0.0601. The molecule has 0 spiro atoms. The highest BCUT2D eigenvalue weighted by atomic mass is 32.2. The molecule has 1 aliphatic carbocycles. The number of hydrogen-bond donors (Lipinski definition) is 0. The summed E-state index contributed by atoms with van der Waals surface area (Å²) in [5, 5.41) is 12.7. The Labute approximate surface area is 166 Å². The molecule has 2 aromatic heterocycles. The van der Waals surface area contributed by atoms with Crippen LogP contribution in [-0.4, -0.2) is 32.8 Å². The zero-order valence-corrected chi connectivity index (χ0v) is 16.8. The van der Waals surface area contributed by atoms with Crippen molar-refractivity contribution in [3.63, 3.8) is 0 Å². The van der Waals surface area contributed by atoms with Crippen LogP contribution in [-0.2, 0) is 17.0 Å². The third-order valence-corrected chi connectivity index (χ3v) is 6.40. The minimum atomic E-state index is -0.330. The molecule has 0 unspecified atom stereocenters. The highest BCUT2D eigenvalue weighted by Crippen LogP contribution is 2.40. The fourth-order valence-corrected chi connectivity index (χ4v) is 4.69. The van der Waals surface area contributed by atoms with Gasteiger partial charge >= 0.3 is 5.97 Å². The molecule has 0 atom stereocenters. The Morgan fingerprint density at radius 1 is 1.30 bits per heavy atom. The molecule has 0 N–H and O–H groups in total. The van der Waals surface area contributed by atoms with Crippen LogP contribution in [0.25, 0.3) is 10.6 Å². The van der Waals surface area contributed by atoms with Gasteiger partial charge in [-0.2, -0.15) is 0 Å². The van der Waals surface area contributed by atoms with Crippen molar-refractivity contribution in [3.8, 4) is 10.6 Å². The molecule has 6 nitrogen and oxygen atoms in total. The second-order valence-electron chi connectivity index (χ2n) is 6.36. The maximum absolute atomic E-state index is 11.5. The van der Waals surface area contributed by atoms with Gasteiger partial charge in [-0.1, -0.05) is 23.9 Å². The van der Waals surface area contributed by atoms with Crippen molar-refractivity contribution in [1.82, 2.24) is 19.7 Å². The number of carbonyl (C=O) groups excluding carboxylic acids is 1. The van der Waals surface area contributed by atoms with Crippen LogP contribution in [0.5, 0.6) is 0 Å². The SMILES string of the molecule is CCn1c(SCc2csc(-c3ccc(C(=O)OC)cc3)n2)nnc1C1CC1. The molecule has 1 saturated carbocycles. The van der Waals surface area contributed by atoms with Crippen LogP contribution in [0, 0.1) is 0 Å². The van der Waals surface area contributed by atoms with Gasteiger partial charge in [-0.25, -0.2) is 9.78 Å². The molecule has 140 valence electrons. The summed E-state index contributed by atoms with van der Waals surface area (Å²) in [5.74, 6) is 2.16. The van der Waals surface area contributed by atoms with Gasteiger partial charge in [0.25, 0.3) is 0 Å². The number of methoxy groups -OCH3 is 1. The van der Waals surface area contributed by atoms with Crippen LogP contribution in [0.15, 0.2) is 34.8 Å². The van der Waals surface area contributed by atoms with E-state index < -0.39 is 0 Å². The van der Waals surface area contributed by atoms with E-state index in [0.29, 0.717) is 11.5 Å². The first kappa shape index (κ1) is 18.2. The average Bonchev–Trinajstić information content (AvgIpc) is 3.29. The first-order chi connectivity index (χ1) is 13.2. The molecule has 2 heterocycles. The van der Waals surface area contributed by atoms with E-state index in [9.17, 15) is 4.79 Å². The van der Waals surface area contributed by atoms with Crippen LogP contribution >= 0.6 is 23.1 Å². The largest absolute Gasteiger partial charge is 0.465 e. The van der Waals surface area contributed by atoms with Crippen LogP contribution < -0.4 is 0 Å². The number of aromatic nitrogens is 4. The van der Waals surface area contributed by atoms with Crippen molar-refractivity contribution in [1.29, 1.82) is 0 Å². The zero-order chi connectivity index (χ0) is 18.8. The Balaban J connectivity index is 1.43. The molecular weight excluding hydrogens is 380 g/mol. The summed E-state index contributed by atoms with van der Waals surface area (Å²) in [6.07, 6.45) is 2.46. The Hall–Kier alpha value is -2.19. The fourth-order valence-electron chi connectivity index (χ4n) is 2.86. The normalized spacial score (nSPS) is 13.7. The van der Waals surface area contributed by atoms with Gasteiger partial charge in [0.05, 0.1) is 18.4 Å². The van der Waals surface area contributed by atoms with E-state index >= 15 is 0 Å². The second kappa shape index (κ2) is 7.82. The molecule has 27 heavy (non-hydrogen) atoms. The Morgan fingerprint density at radius 2 is 2.07 bits per heavy atom. The summed E-state index contributed by atoms with van der Waals surface area (Å²) in [6, 6.07) is 7.33. The lowest BCUT2D eigenvalue weighted by Crippen LogP contribution is -2.02. The number of nitrogens with zero attached hydrogens (tertiary/aromatic N) is 4. The quantitative estimate of drug-likeness (QED) is 0.433. The summed E-state index contributed by atoms with van der Waals surface area (Å²) in [6.45, 7) is 3.04. The first-order valence-corrected chi connectivity index (χ1v) is 10.7. The van der Waals surface area contributed by atoms with Gasteiger partial charge in [0.2, 0.25) is 0 Å². The monoisotopic (exact) mass is 400 g/mol. The van der Waals surface area contributed by atoms with Gasteiger partial charge in [0, 0.05) is 29.2 Å². The molecule has 4 rings (SSSR count). The van der Waals surface area contributed by atoms with Crippen LogP contribution in [0.2, 0.25) is 0 Å². The van der Waals surface area contributed by atoms with Crippen molar-refractivity contribution >= 4 is 29.1 Å². The highest BCUT2D eigenvalue weighted by Gasteiger charge is 2.29. The maximum Gasteiger partial charge on any atom is 0.337 e. The van der Waals surface area contributed by atoms with E-state index in [1.165, 1.54) is 20.0 Å². The van der Waals surface area contributed by atoms with Gasteiger partial charge in [0.1, 0.15) is 10.8 Å². The van der Waals surface area contributed by atoms with Crippen molar-refractivity contribution in [2.75, 3.05) is 7.11 Å². The van der Waals surface area contributed by atoms with Gasteiger partial charge in [-0.05, 0) is 31.9 Å². The predicted molar refractivity (Wildman–Crippen MR) is 106 cm³/mol. The standard InChI is InChI=1S/C19H20N4O2S2/c1-3-23-16(12-4-5-12)21-22-19(23)27-11-15-10-26-17(20-15)13-6-8-14(9-7-13)18(24)25-2/h6-10,12H,3-5,11H2,1-2H3. The summed E-state index contributed by atoms with van der Waals surface area (Å²) in [7, 11) is 1.38. The number of thioether (sulfide) groups is 1. The van der Waals surface area contributed by atoms with Gasteiger partial charge in [0.15, 0.2) is 5.16 Å². The number of carbonyl (C=O) groups is 1. The minimum Gasteiger partial charge on any atom is -0.465 e. The smallest absolute Gasteiger partial charge is 0.337 e. The number of esters is 1. The summed E-state index contributed by atoms with van der Waals surface area (Å²) in [4.78, 5) is 16.3.